The number of anilines is 1. The van der Waals surface area contributed by atoms with E-state index in [4.69, 9.17) is 6.57 Å². The predicted molar refractivity (Wildman–Crippen MR) is 54.9 cm³/mol. The number of phenols is 1. The summed E-state index contributed by atoms with van der Waals surface area (Å²) in [6, 6.07) is 3.76. The van der Waals surface area contributed by atoms with Gasteiger partial charge in [0.1, 0.15) is 11.6 Å². The van der Waals surface area contributed by atoms with Crippen LogP contribution in [-0.2, 0) is 0 Å². The predicted octanol–water partition coefficient (Wildman–Crippen LogP) is 2.74. The van der Waals surface area contributed by atoms with E-state index in [1.165, 1.54) is 12.1 Å². The van der Waals surface area contributed by atoms with Gasteiger partial charge < -0.3 is 10.4 Å². The van der Waals surface area contributed by atoms with Crippen LogP contribution in [0.25, 0.3) is 4.85 Å². The molecule has 1 saturated carbocycles. The third-order valence-electron chi connectivity index (χ3n) is 2.72. The van der Waals surface area contributed by atoms with Crippen molar-refractivity contribution in [2.24, 2.45) is 0 Å². The van der Waals surface area contributed by atoms with Gasteiger partial charge in [-0.2, -0.15) is 0 Å². The highest BCUT2D eigenvalue weighted by molar-refractivity contribution is 5.58. The van der Waals surface area contributed by atoms with Gasteiger partial charge in [-0.25, -0.2) is 11.0 Å². The lowest BCUT2D eigenvalue weighted by molar-refractivity contribution is 0.341. The van der Waals surface area contributed by atoms with Gasteiger partial charge in [-0.05, 0) is 18.6 Å². The topological polar surface area (TPSA) is 36.6 Å². The number of hydrogen-bond donors (Lipinski definition) is 2. The Kier molecular flexibility index (Phi) is 2.24. The molecule has 0 aliphatic heterocycles. The van der Waals surface area contributed by atoms with Gasteiger partial charge in [0.25, 0.3) is 0 Å². The van der Waals surface area contributed by atoms with E-state index in [0.29, 0.717) is 5.69 Å². The lowest BCUT2D eigenvalue weighted by Gasteiger charge is -2.31. The highest BCUT2D eigenvalue weighted by Gasteiger charge is 2.44. The maximum atomic E-state index is 12.7. The van der Waals surface area contributed by atoms with Crippen LogP contribution in [0.5, 0.6) is 5.75 Å². The largest absolute Gasteiger partial charge is 0.506 e. The molecule has 0 heterocycles. The number of rotatable bonds is 2. The Morgan fingerprint density at radius 2 is 2.20 bits per heavy atom. The maximum absolute atomic E-state index is 12.7. The molecule has 0 radical (unpaired) electrons. The number of benzene rings is 1. The second kappa shape index (κ2) is 3.43. The number of aromatic hydroxyl groups is 1. The van der Waals surface area contributed by atoms with E-state index < -0.39 is 11.5 Å². The summed E-state index contributed by atoms with van der Waals surface area (Å²) in [5.41, 5.74) is -0.165. The lowest BCUT2D eigenvalue weighted by Crippen LogP contribution is -2.41. The minimum Gasteiger partial charge on any atom is -0.506 e. The van der Waals surface area contributed by atoms with Gasteiger partial charge in [0.05, 0.1) is 5.69 Å². The van der Waals surface area contributed by atoms with E-state index in [9.17, 15) is 9.50 Å². The molecule has 1 aromatic rings. The number of phenolic OH excluding ortho intramolecular Hbond substituents is 1. The molecule has 15 heavy (non-hydrogen) atoms. The fourth-order valence-corrected chi connectivity index (χ4v) is 1.64. The van der Waals surface area contributed by atoms with Gasteiger partial charge in [-0.1, -0.05) is 0 Å². The molecule has 2 N–H and O–H groups in total. The summed E-state index contributed by atoms with van der Waals surface area (Å²) in [5.74, 6) is -0.631. The van der Waals surface area contributed by atoms with Gasteiger partial charge in [-0.15, -0.1) is 0 Å². The van der Waals surface area contributed by atoms with Crippen molar-refractivity contribution in [2.45, 2.75) is 24.9 Å². The smallest absolute Gasteiger partial charge is 0.305 e. The van der Waals surface area contributed by atoms with Crippen molar-refractivity contribution in [2.75, 3.05) is 5.32 Å². The van der Waals surface area contributed by atoms with Crippen molar-refractivity contribution in [1.82, 2.24) is 0 Å². The first-order chi connectivity index (χ1) is 7.15. The van der Waals surface area contributed by atoms with Crippen LogP contribution in [0.2, 0.25) is 0 Å². The van der Waals surface area contributed by atoms with Crippen LogP contribution in [0.15, 0.2) is 18.2 Å². The molecule has 0 spiro atoms. The van der Waals surface area contributed by atoms with E-state index >= 15 is 0 Å². The number of nitrogens with zero attached hydrogens (tertiary/aromatic N) is 1. The number of halogens is 1. The molecule has 0 bridgehead atoms. The molecule has 0 saturated heterocycles. The van der Waals surface area contributed by atoms with Crippen molar-refractivity contribution >= 4 is 5.69 Å². The maximum Gasteiger partial charge on any atom is 0.305 e. The van der Waals surface area contributed by atoms with Gasteiger partial charge in [0.2, 0.25) is 0 Å². The van der Waals surface area contributed by atoms with Crippen LogP contribution >= 0.6 is 0 Å². The summed E-state index contributed by atoms with van der Waals surface area (Å²) < 4.78 is 12.7. The average molecular weight is 206 g/mol. The van der Waals surface area contributed by atoms with Crippen LogP contribution in [0.1, 0.15) is 19.3 Å². The van der Waals surface area contributed by atoms with Crippen molar-refractivity contribution < 1.29 is 9.50 Å². The summed E-state index contributed by atoms with van der Waals surface area (Å²) >= 11 is 0. The quantitative estimate of drug-likeness (QED) is 0.576. The second-order valence-electron chi connectivity index (χ2n) is 3.78. The van der Waals surface area contributed by atoms with Crippen molar-refractivity contribution in [3.05, 3.63) is 35.4 Å². The van der Waals surface area contributed by atoms with E-state index in [1.807, 2.05) is 0 Å². The molecule has 4 heteroatoms. The Labute approximate surface area is 87.4 Å². The molecule has 0 atom stereocenters. The zero-order valence-corrected chi connectivity index (χ0v) is 8.13. The van der Waals surface area contributed by atoms with Crippen LogP contribution in [0.3, 0.4) is 0 Å². The second-order valence-corrected chi connectivity index (χ2v) is 3.78. The molecule has 1 aromatic carbocycles. The van der Waals surface area contributed by atoms with Crippen LogP contribution < -0.4 is 5.32 Å². The average Bonchev–Trinajstić information content (AvgIpc) is 2.14. The minimum atomic E-state index is -0.588. The first kappa shape index (κ1) is 9.78. The summed E-state index contributed by atoms with van der Waals surface area (Å²) in [7, 11) is 0. The molecule has 78 valence electrons. The summed E-state index contributed by atoms with van der Waals surface area (Å²) in [6.45, 7) is 7.08. The molecule has 1 aliphatic rings. The first-order valence-corrected chi connectivity index (χ1v) is 4.80. The molecule has 2 rings (SSSR count). The highest BCUT2D eigenvalue weighted by atomic mass is 19.1. The zero-order valence-electron chi connectivity index (χ0n) is 8.13. The van der Waals surface area contributed by atoms with Crippen molar-refractivity contribution in [3.63, 3.8) is 0 Å². The number of hydrogen-bond acceptors (Lipinski definition) is 2. The SMILES string of the molecule is [C-]#[N+]C1(Nc2ccc(F)cc2O)CCC1. The van der Waals surface area contributed by atoms with Crippen LogP contribution in [-0.4, -0.2) is 10.8 Å². The molecule has 0 aromatic heterocycles. The Hall–Kier alpha value is -1.76. The van der Waals surface area contributed by atoms with E-state index in [-0.39, 0.29) is 5.75 Å². The Morgan fingerprint density at radius 1 is 1.47 bits per heavy atom. The van der Waals surface area contributed by atoms with Gasteiger partial charge in [-0.3, -0.25) is 4.85 Å². The highest BCUT2D eigenvalue weighted by Crippen LogP contribution is 2.38. The van der Waals surface area contributed by atoms with Gasteiger partial charge in [0, 0.05) is 18.9 Å². The van der Waals surface area contributed by atoms with Crippen molar-refractivity contribution in [3.8, 4) is 5.75 Å². The summed E-state index contributed by atoms with van der Waals surface area (Å²) in [5, 5.41) is 12.4. The Bertz CT molecular complexity index is 421. The summed E-state index contributed by atoms with van der Waals surface area (Å²) in [4.78, 5) is 3.52. The first-order valence-electron chi connectivity index (χ1n) is 4.80. The molecular formula is C11H11FN2O. The third-order valence-corrected chi connectivity index (χ3v) is 2.72. The molecule has 0 unspecified atom stereocenters. The number of nitrogens with one attached hydrogen (secondary N) is 1. The molecule has 1 aliphatic carbocycles. The lowest BCUT2D eigenvalue weighted by atomic mass is 9.85. The van der Waals surface area contributed by atoms with Crippen molar-refractivity contribution in [1.29, 1.82) is 0 Å². The van der Waals surface area contributed by atoms with Gasteiger partial charge in [0.15, 0.2) is 0 Å². The van der Waals surface area contributed by atoms with E-state index in [0.717, 1.165) is 25.3 Å². The van der Waals surface area contributed by atoms with Crippen LogP contribution in [0, 0.1) is 12.4 Å². The monoisotopic (exact) mass is 206 g/mol. The Balaban J connectivity index is 2.21. The van der Waals surface area contributed by atoms with E-state index in [1.54, 1.807) is 0 Å². The third kappa shape index (κ3) is 1.73. The fourth-order valence-electron chi connectivity index (χ4n) is 1.64. The standard InChI is InChI=1S/C11H11FN2O/c1-13-11(5-2-6-11)14-9-4-3-8(12)7-10(9)15/h3-4,7,14-15H,2,5-6H2. The molecule has 0 amide bonds. The fraction of sp³-hybridized carbons (Fsp3) is 0.364. The molecule has 1 fully saturated rings. The van der Waals surface area contributed by atoms with E-state index in [2.05, 4.69) is 10.2 Å². The molecule has 3 nitrogen and oxygen atoms in total. The van der Waals surface area contributed by atoms with Crippen LogP contribution in [0.4, 0.5) is 10.1 Å². The summed E-state index contributed by atoms with van der Waals surface area (Å²) in [6.07, 6.45) is 2.55. The minimum absolute atomic E-state index is 0.148. The van der Waals surface area contributed by atoms with Gasteiger partial charge >= 0.3 is 5.66 Å². The zero-order chi connectivity index (χ0) is 10.9. The Morgan fingerprint density at radius 3 is 2.67 bits per heavy atom. The molecular weight excluding hydrogens is 195 g/mol. The normalized spacial score (nSPS) is 17.6.